The Morgan fingerprint density at radius 3 is 2.67 bits per heavy atom. The molecule has 2 fully saturated rings. The van der Waals surface area contributed by atoms with Gasteiger partial charge in [0.1, 0.15) is 0 Å². The van der Waals surface area contributed by atoms with Crippen molar-refractivity contribution in [3.8, 4) is 0 Å². The Kier molecular flexibility index (Phi) is 1.83. The van der Waals surface area contributed by atoms with Gasteiger partial charge in [-0.05, 0) is 25.8 Å². The van der Waals surface area contributed by atoms with E-state index in [0.29, 0.717) is 0 Å². The maximum absolute atomic E-state index is 10.9. The molecule has 2 rings (SSSR count). The highest BCUT2D eigenvalue weighted by Crippen LogP contribution is 2.40. The maximum atomic E-state index is 10.9. The van der Waals surface area contributed by atoms with E-state index >= 15 is 0 Å². The molecule has 0 amide bonds. The van der Waals surface area contributed by atoms with E-state index in [1.54, 1.807) is 0 Å². The Morgan fingerprint density at radius 2 is 2.08 bits per heavy atom. The second-order valence-corrected chi connectivity index (χ2v) is 3.97. The average molecular weight is 169 g/mol. The van der Waals surface area contributed by atoms with Gasteiger partial charge in [0.15, 0.2) is 0 Å². The van der Waals surface area contributed by atoms with Crippen molar-refractivity contribution in [2.45, 2.75) is 37.6 Å². The highest BCUT2D eigenvalue weighted by atomic mass is 16.4. The third-order valence-electron chi connectivity index (χ3n) is 3.37. The lowest BCUT2D eigenvalue weighted by Gasteiger charge is -2.28. The molecule has 3 nitrogen and oxygen atoms in total. The second-order valence-electron chi connectivity index (χ2n) is 3.97. The lowest BCUT2D eigenvalue weighted by molar-refractivity contribution is -0.143. The summed E-state index contributed by atoms with van der Waals surface area (Å²) in [6, 6.07) is 0. The summed E-state index contributed by atoms with van der Waals surface area (Å²) in [6.07, 6.45) is 5.32. The Hall–Kier alpha value is -0.570. The maximum Gasteiger partial charge on any atom is 0.308 e. The molecular formula is C9H15NO2. The lowest BCUT2D eigenvalue weighted by Crippen LogP contribution is -2.44. The average Bonchev–Trinajstić information content (AvgIpc) is 2.61. The fourth-order valence-corrected chi connectivity index (χ4v) is 2.76. The molecule has 1 spiro atoms. The molecule has 3 heteroatoms. The van der Waals surface area contributed by atoms with Gasteiger partial charge in [0.2, 0.25) is 0 Å². The summed E-state index contributed by atoms with van der Waals surface area (Å²) < 4.78 is 0. The molecule has 0 aromatic heterocycles. The molecule has 2 N–H and O–H groups in total. The van der Waals surface area contributed by atoms with Crippen LogP contribution in [0.4, 0.5) is 0 Å². The molecule has 1 atom stereocenters. The Morgan fingerprint density at radius 1 is 1.42 bits per heavy atom. The van der Waals surface area contributed by atoms with Crippen molar-refractivity contribution in [2.24, 2.45) is 5.92 Å². The lowest BCUT2D eigenvalue weighted by atomic mass is 9.84. The van der Waals surface area contributed by atoms with Crippen molar-refractivity contribution in [1.29, 1.82) is 0 Å². The highest BCUT2D eigenvalue weighted by molar-refractivity contribution is 5.72. The predicted molar refractivity (Wildman–Crippen MR) is 44.9 cm³/mol. The van der Waals surface area contributed by atoms with Gasteiger partial charge in [-0.3, -0.25) is 4.79 Å². The monoisotopic (exact) mass is 169 g/mol. The first-order valence-electron chi connectivity index (χ1n) is 4.72. The zero-order chi connectivity index (χ0) is 8.60. The van der Waals surface area contributed by atoms with E-state index in [4.69, 9.17) is 5.11 Å². The van der Waals surface area contributed by atoms with Crippen LogP contribution in [0.3, 0.4) is 0 Å². The summed E-state index contributed by atoms with van der Waals surface area (Å²) in [5, 5.41) is 12.4. The zero-order valence-corrected chi connectivity index (χ0v) is 7.18. The normalized spacial score (nSPS) is 32.8. The van der Waals surface area contributed by atoms with E-state index in [1.165, 1.54) is 12.8 Å². The highest BCUT2D eigenvalue weighted by Gasteiger charge is 2.47. The third kappa shape index (κ3) is 1.04. The van der Waals surface area contributed by atoms with Gasteiger partial charge in [-0.15, -0.1) is 0 Å². The molecule has 1 unspecified atom stereocenters. The van der Waals surface area contributed by atoms with Gasteiger partial charge in [-0.25, -0.2) is 0 Å². The minimum atomic E-state index is -0.609. The molecule has 1 saturated heterocycles. The molecule has 0 radical (unpaired) electrons. The van der Waals surface area contributed by atoms with Crippen LogP contribution >= 0.6 is 0 Å². The van der Waals surface area contributed by atoms with E-state index in [0.717, 1.165) is 25.8 Å². The van der Waals surface area contributed by atoms with Crippen LogP contribution in [0.5, 0.6) is 0 Å². The number of aliphatic carboxylic acids is 1. The summed E-state index contributed by atoms with van der Waals surface area (Å²) in [5.41, 5.74) is -0.0220. The van der Waals surface area contributed by atoms with Crippen molar-refractivity contribution in [3.05, 3.63) is 0 Å². The largest absolute Gasteiger partial charge is 0.481 e. The van der Waals surface area contributed by atoms with Crippen LogP contribution in [-0.2, 0) is 4.79 Å². The molecule has 68 valence electrons. The number of rotatable bonds is 1. The van der Waals surface area contributed by atoms with Crippen LogP contribution < -0.4 is 5.32 Å². The van der Waals surface area contributed by atoms with Crippen LogP contribution in [0.25, 0.3) is 0 Å². The van der Waals surface area contributed by atoms with Crippen LogP contribution in [0.15, 0.2) is 0 Å². The molecule has 0 aromatic rings. The number of carbonyl (C=O) groups is 1. The van der Waals surface area contributed by atoms with Gasteiger partial charge in [-0.1, -0.05) is 12.8 Å². The SMILES string of the molecule is O=C(O)C1CCNC12CCCC2. The molecule has 0 aromatic carbocycles. The number of carboxylic acid groups (broad SMARTS) is 1. The predicted octanol–water partition coefficient (Wildman–Crippen LogP) is 0.993. The fraction of sp³-hybridized carbons (Fsp3) is 0.889. The van der Waals surface area contributed by atoms with Gasteiger partial charge >= 0.3 is 5.97 Å². The molecular weight excluding hydrogens is 154 g/mol. The van der Waals surface area contributed by atoms with E-state index in [1.807, 2.05) is 0 Å². The minimum absolute atomic E-state index is 0.0220. The molecule has 12 heavy (non-hydrogen) atoms. The minimum Gasteiger partial charge on any atom is -0.481 e. The van der Waals surface area contributed by atoms with Crippen molar-refractivity contribution in [1.82, 2.24) is 5.32 Å². The van der Waals surface area contributed by atoms with Crippen LogP contribution in [0, 0.1) is 5.92 Å². The summed E-state index contributed by atoms with van der Waals surface area (Å²) in [5.74, 6) is -0.734. The zero-order valence-electron chi connectivity index (χ0n) is 7.18. The van der Waals surface area contributed by atoms with Crippen LogP contribution in [-0.4, -0.2) is 23.2 Å². The number of nitrogens with one attached hydrogen (secondary N) is 1. The van der Waals surface area contributed by atoms with Gasteiger partial charge in [0.05, 0.1) is 5.92 Å². The van der Waals surface area contributed by atoms with E-state index in [9.17, 15) is 4.79 Å². The fourth-order valence-electron chi connectivity index (χ4n) is 2.76. The molecule has 1 aliphatic heterocycles. The first-order chi connectivity index (χ1) is 5.75. The van der Waals surface area contributed by atoms with Crippen molar-refractivity contribution in [3.63, 3.8) is 0 Å². The number of carboxylic acids is 1. The Balaban J connectivity index is 2.17. The van der Waals surface area contributed by atoms with Crippen molar-refractivity contribution in [2.75, 3.05) is 6.54 Å². The molecule has 0 bridgehead atoms. The standard InChI is InChI=1S/C9H15NO2/c11-8(12)7-3-6-10-9(7)4-1-2-5-9/h7,10H,1-6H2,(H,11,12). The third-order valence-corrected chi connectivity index (χ3v) is 3.37. The second kappa shape index (κ2) is 2.73. The smallest absolute Gasteiger partial charge is 0.308 e. The number of hydrogen-bond acceptors (Lipinski definition) is 2. The summed E-state index contributed by atoms with van der Waals surface area (Å²) in [7, 11) is 0. The molecule has 2 aliphatic rings. The summed E-state index contributed by atoms with van der Waals surface area (Å²) >= 11 is 0. The quantitative estimate of drug-likeness (QED) is 0.615. The molecule has 1 heterocycles. The number of hydrogen-bond donors (Lipinski definition) is 2. The topological polar surface area (TPSA) is 49.3 Å². The van der Waals surface area contributed by atoms with E-state index in [-0.39, 0.29) is 11.5 Å². The van der Waals surface area contributed by atoms with Gasteiger partial charge in [0, 0.05) is 5.54 Å². The van der Waals surface area contributed by atoms with Gasteiger partial charge < -0.3 is 10.4 Å². The van der Waals surface area contributed by atoms with Gasteiger partial charge in [-0.2, -0.15) is 0 Å². The van der Waals surface area contributed by atoms with Crippen molar-refractivity contribution >= 4 is 5.97 Å². The van der Waals surface area contributed by atoms with E-state index < -0.39 is 5.97 Å². The van der Waals surface area contributed by atoms with Gasteiger partial charge in [0.25, 0.3) is 0 Å². The molecule has 1 aliphatic carbocycles. The van der Waals surface area contributed by atoms with Crippen LogP contribution in [0.1, 0.15) is 32.1 Å². The van der Waals surface area contributed by atoms with Crippen LogP contribution in [0.2, 0.25) is 0 Å². The Labute approximate surface area is 72.2 Å². The first kappa shape index (κ1) is 8.05. The first-order valence-corrected chi connectivity index (χ1v) is 4.72. The molecule has 1 saturated carbocycles. The Bertz CT molecular complexity index is 191. The summed E-state index contributed by atoms with van der Waals surface area (Å²) in [6.45, 7) is 0.886. The van der Waals surface area contributed by atoms with E-state index in [2.05, 4.69) is 5.32 Å². The summed E-state index contributed by atoms with van der Waals surface area (Å²) in [4.78, 5) is 10.9. The van der Waals surface area contributed by atoms with Crippen molar-refractivity contribution < 1.29 is 9.90 Å².